The Hall–Kier alpha value is -2.71. The summed E-state index contributed by atoms with van der Waals surface area (Å²) >= 11 is 0. The van der Waals surface area contributed by atoms with Crippen LogP contribution >= 0.6 is 0 Å². The average molecular weight is 283 g/mol. The van der Waals surface area contributed by atoms with Crippen LogP contribution in [0.15, 0.2) is 48.5 Å². The first-order valence-electron chi connectivity index (χ1n) is 6.40. The Morgan fingerprint density at radius 1 is 1.29 bits per heavy atom. The molecular formula is C16H14FN3O. The van der Waals surface area contributed by atoms with Crippen molar-refractivity contribution in [2.75, 3.05) is 5.32 Å². The zero-order chi connectivity index (χ0) is 15.2. The van der Waals surface area contributed by atoms with Crippen LogP contribution in [-0.2, 0) is 11.2 Å². The van der Waals surface area contributed by atoms with Crippen molar-refractivity contribution in [3.05, 3.63) is 65.5 Å². The molecule has 2 rings (SSSR count). The van der Waals surface area contributed by atoms with Gasteiger partial charge in [-0.1, -0.05) is 30.3 Å². The lowest BCUT2D eigenvalue weighted by Gasteiger charge is -2.13. The summed E-state index contributed by atoms with van der Waals surface area (Å²) < 4.78 is 13.7. The third kappa shape index (κ3) is 3.88. The molecule has 2 aromatic rings. The lowest BCUT2D eigenvalue weighted by Crippen LogP contribution is -2.37. The lowest BCUT2D eigenvalue weighted by molar-refractivity contribution is -0.117. The number of hydrogen-bond acceptors (Lipinski definition) is 3. The Balaban J connectivity index is 2.03. The van der Waals surface area contributed by atoms with E-state index in [4.69, 9.17) is 11.0 Å². The molecule has 2 aromatic carbocycles. The molecule has 0 radical (unpaired) electrons. The van der Waals surface area contributed by atoms with Crippen molar-refractivity contribution >= 4 is 11.6 Å². The molecule has 0 aromatic heterocycles. The Labute approximate surface area is 122 Å². The number of benzene rings is 2. The maximum Gasteiger partial charge on any atom is 0.241 e. The van der Waals surface area contributed by atoms with Crippen LogP contribution in [0.2, 0.25) is 0 Å². The summed E-state index contributed by atoms with van der Waals surface area (Å²) in [5.41, 5.74) is 6.96. The monoisotopic (exact) mass is 283 g/mol. The zero-order valence-electron chi connectivity index (χ0n) is 11.2. The van der Waals surface area contributed by atoms with Gasteiger partial charge in [-0.25, -0.2) is 4.39 Å². The minimum Gasteiger partial charge on any atom is -0.322 e. The number of carbonyl (C=O) groups excluding carboxylic acids is 1. The molecule has 0 spiro atoms. The molecule has 0 unspecified atom stereocenters. The molecule has 0 saturated heterocycles. The molecule has 0 aliphatic rings. The van der Waals surface area contributed by atoms with Crippen molar-refractivity contribution in [3.63, 3.8) is 0 Å². The van der Waals surface area contributed by atoms with E-state index < -0.39 is 17.8 Å². The minimum absolute atomic E-state index is 0.0162. The Bertz CT molecular complexity index is 680. The normalized spacial score (nSPS) is 11.5. The van der Waals surface area contributed by atoms with Gasteiger partial charge in [0.15, 0.2) is 0 Å². The van der Waals surface area contributed by atoms with Crippen LogP contribution in [0.5, 0.6) is 0 Å². The fraction of sp³-hybridized carbons (Fsp3) is 0.125. The topological polar surface area (TPSA) is 78.9 Å². The third-order valence-corrected chi connectivity index (χ3v) is 2.99. The van der Waals surface area contributed by atoms with Crippen LogP contribution in [0.4, 0.5) is 10.1 Å². The predicted molar refractivity (Wildman–Crippen MR) is 77.9 cm³/mol. The van der Waals surface area contributed by atoms with Gasteiger partial charge in [-0.3, -0.25) is 4.79 Å². The lowest BCUT2D eigenvalue weighted by atomic mass is 10.1. The largest absolute Gasteiger partial charge is 0.322 e. The Morgan fingerprint density at radius 2 is 2.00 bits per heavy atom. The summed E-state index contributed by atoms with van der Waals surface area (Å²) in [4.78, 5) is 12.0. The van der Waals surface area contributed by atoms with Gasteiger partial charge >= 0.3 is 0 Å². The van der Waals surface area contributed by atoms with Crippen LogP contribution in [0.25, 0.3) is 0 Å². The van der Waals surface area contributed by atoms with Crippen molar-refractivity contribution in [2.45, 2.75) is 12.5 Å². The summed E-state index contributed by atoms with van der Waals surface area (Å²) in [6.45, 7) is 0. The number of hydrogen-bond donors (Lipinski definition) is 2. The van der Waals surface area contributed by atoms with E-state index in [-0.39, 0.29) is 11.3 Å². The van der Waals surface area contributed by atoms with Gasteiger partial charge < -0.3 is 11.1 Å². The highest BCUT2D eigenvalue weighted by Crippen LogP contribution is 2.15. The van der Waals surface area contributed by atoms with E-state index in [1.165, 1.54) is 12.1 Å². The van der Waals surface area contributed by atoms with Gasteiger partial charge in [0, 0.05) is 0 Å². The fourth-order valence-electron chi connectivity index (χ4n) is 1.87. The summed E-state index contributed by atoms with van der Waals surface area (Å²) in [5, 5.41) is 11.1. The molecule has 0 heterocycles. The molecule has 0 aliphatic heterocycles. The van der Waals surface area contributed by atoms with E-state index >= 15 is 0 Å². The first kappa shape index (κ1) is 14.7. The molecule has 0 bridgehead atoms. The van der Waals surface area contributed by atoms with Gasteiger partial charge in [0.25, 0.3) is 0 Å². The van der Waals surface area contributed by atoms with E-state index in [0.29, 0.717) is 6.42 Å². The van der Waals surface area contributed by atoms with Crippen LogP contribution in [0.1, 0.15) is 11.1 Å². The molecule has 3 N–H and O–H groups in total. The van der Waals surface area contributed by atoms with Gasteiger partial charge in [-0.05, 0) is 30.2 Å². The van der Waals surface area contributed by atoms with E-state index in [0.717, 1.165) is 11.6 Å². The molecule has 5 heteroatoms. The second-order valence-electron chi connectivity index (χ2n) is 4.59. The van der Waals surface area contributed by atoms with Crippen LogP contribution in [-0.4, -0.2) is 11.9 Å². The Morgan fingerprint density at radius 3 is 2.62 bits per heavy atom. The highest BCUT2D eigenvalue weighted by molar-refractivity contribution is 5.95. The molecule has 1 atom stereocenters. The van der Waals surface area contributed by atoms with Crippen molar-refractivity contribution in [1.29, 1.82) is 5.26 Å². The number of anilines is 1. The Kier molecular flexibility index (Phi) is 4.64. The van der Waals surface area contributed by atoms with E-state index in [1.54, 1.807) is 0 Å². The van der Waals surface area contributed by atoms with Crippen molar-refractivity contribution in [1.82, 2.24) is 0 Å². The van der Waals surface area contributed by atoms with E-state index in [9.17, 15) is 9.18 Å². The molecule has 0 saturated carbocycles. The molecule has 106 valence electrons. The van der Waals surface area contributed by atoms with E-state index in [1.807, 2.05) is 36.4 Å². The SMILES string of the molecule is N#Cc1ccc(NC(=O)[C@@H](N)Cc2ccccc2)c(F)c1. The number of amides is 1. The smallest absolute Gasteiger partial charge is 0.241 e. The number of halogens is 1. The highest BCUT2D eigenvalue weighted by Gasteiger charge is 2.16. The first-order valence-corrected chi connectivity index (χ1v) is 6.40. The van der Waals surface area contributed by atoms with Crippen molar-refractivity contribution in [2.24, 2.45) is 5.73 Å². The highest BCUT2D eigenvalue weighted by atomic mass is 19.1. The van der Waals surface area contributed by atoms with E-state index in [2.05, 4.69) is 5.32 Å². The molecule has 1 amide bonds. The predicted octanol–water partition coefficient (Wildman–Crippen LogP) is 2.21. The molecule has 4 nitrogen and oxygen atoms in total. The van der Waals surface area contributed by atoms with Gasteiger partial charge in [-0.2, -0.15) is 5.26 Å². The van der Waals surface area contributed by atoms with Gasteiger partial charge in [0.2, 0.25) is 5.91 Å². The van der Waals surface area contributed by atoms with Crippen molar-refractivity contribution < 1.29 is 9.18 Å². The minimum atomic E-state index is -0.776. The van der Waals surface area contributed by atoms with Gasteiger partial charge in [0.1, 0.15) is 5.82 Å². The average Bonchev–Trinajstić information content (AvgIpc) is 2.50. The second kappa shape index (κ2) is 6.64. The number of nitrogens with zero attached hydrogens (tertiary/aromatic N) is 1. The van der Waals surface area contributed by atoms with Crippen molar-refractivity contribution in [3.8, 4) is 6.07 Å². The number of nitrogens with one attached hydrogen (secondary N) is 1. The number of carbonyl (C=O) groups is 1. The number of rotatable bonds is 4. The third-order valence-electron chi connectivity index (χ3n) is 2.99. The first-order chi connectivity index (χ1) is 10.1. The summed E-state index contributed by atoms with van der Waals surface area (Å²) in [5.74, 6) is -1.13. The van der Waals surface area contributed by atoms with Crippen LogP contribution in [0.3, 0.4) is 0 Å². The number of nitrogens with two attached hydrogens (primary N) is 1. The second-order valence-corrected chi connectivity index (χ2v) is 4.59. The number of nitriles is 1. The summed E-state index contributed by atoms with van der Waals surface area (Å²) in [6.07, 6.45) is 0.366. The standard InChI is InChI=1S/C16H14FN3O/c17-13-8-12(10-18)6-7-15(13)20-16(21)14(19)9-11-4-2-1-3-5-11/h1-8,14H,9,19H2,(H,20,21)/t14-/m0/s1. The van der Waals surface area contributed by atoms with Crippen LogP contribution < -0.4 is 11.1 Å². The molecular weight excluding hydrogens is 269 g/mol. The maximum atomic E-state index is 13.7. The quantitative estimate of drug-likeness (QED) is 0.902. The zero-order valence-corrected chi connectivity index (χ0v) is 11.2. The van der Waals surface area contributed by atoms with Gasteiger partial charge in [-0.15, -0.1) is 0 Å². The molecule has 0 aliphatic carbocycles. The van der Waals surface area contributed by atoms with Crippen LogP contribution in [0, 0.1) is 17.1 Å². The molecule has 0 fully saturated rings. The fourth-order valence-corrected chi connectivity index (χ4v) is 1.87. The molecule has 21 heavy (non-hydrogen) atoms. The van der Waals surface area contributed by atoms with Gasteiger partial charge in [0.05, 0.1) is 23.4 Å². The maximum absolute atomic E-state index is 13.7. The summed E-state index contributed by atoms with van der Waals surface area (Å²) in [7, 11) is 0. The summed E-state index contributed by atoms with van der Waals surface area (Å²) in [6, 6.07) is 14.2.